The number of rotatable bonds is 5. The van der Waals surface area contributed by atoms with Gasteiger partial charge in [0.1, 0.15) is 0 Å². The van der Waals surface area contributed by atoms with Crippen LogP contribution in [0.25, 0.3) is 0 Å². The Labute approximate surface area is 180 Å². The number of halogens is 4. The first-order chi connectivity index (χ1) is 14.5. The topological polar surface area (TPSA) is 92.7 Å². The van der Waals surface area contributed by atoms with Gasteiger partial charge in [0.15, 0.2) is 33.6 Å². The lowest BCUT2D eigenvalue weighted by molar-refractivity contribution is -0.141. The molecule has 1 heterocycles. The molecular weight excluding hydrogens is 459 g/mol. The van der Waals surface area contributed by atoms with Gasteiger partial charge in [0, 0.05) is 29.3 Å². The summed E-state index contributed by atoms with van der Waals surface area (Å²) in [7, 11) is -3.92. The molecule has 2 unspecified atom stereocenters. The van der Waals surface area contributed by atoms with Gasteiger partial charge in [-0.15, -0.1) is 0 Å². The van der Waals surface area contributed by atoms with Crippen molar-refractivity contribution < 1.29 is 36.2 Å². The van der Waals surface area contributed by atoms with Gasteiger partial charge in [0.25, 0.3) is 5.91 Å². The van der Waals surface area contributed by atoms with Crippen LogP contribution in [0.1, 0.15) is 23.2 Å². The molecule has 2 aromatic carbocycles. The fourth-order valence-corrected chi connectivity index (χ4v) is 6.41. The highest BCUT2D eigenvalue weighted by atomic mass is 35.5. The van der Waals surface area contributed by atoms with Crippen LogP contribution in [0.3, 0.4) is 0 Å². The molecule has 1 saturated heterocycles. The number of hydrogen-bond donors (Lipinski definition) is 2. The number of carbonyl (C=O) groups is 1. The SMILES string of the molecule is O=C(Nc1cc(F)c(F)c(F)c1)c1ccc(Cl)c(S(=O)(=O)C[C@H]2CC3CC2[C@@H](O)O3)c1. The molecule has 31 heavy (non-hydrogen) atoms. The van der Waals surface area contributed by atoms with E-state index in [9.17, 15) is 31.5 Å². The highest BCUT2D eigenvalue weighted by molar-refractivity contribution is 7.91. The minimum Gasteiger partial charge on any atom is -0.368 e. The van der Waals surface area contributed by atoms with Crippen molar-refractivity contribution in [2.45, 2.75) is 30.1 Å². The average molecular weight is 476 g/mol. The lowest BCUT2D eigenvalue weighted by Crippen LogP contribution is -2.32. The summed E-state index contributed by atoms with van der Waals surface area (Å²) in [6, 6.07) is 4.76. The van der Waals surface area contributed by atoms with E-state index in [1.54, 1.807) is 0 Å². The van der Waals surface area contributed by atoms with Crippen LogP contribution in [-0.4, -0.2) is 37.6 Å². The number of amides is 1. The molecule has 6 nitrogen and oxygen atoms in total. The monoisotopic (exact) mass is 475 g/mol. The van der Waals surface area contributed by atoms with E-state index in [1.165, 1.54) is 12.1 Å². The number of aliphatic hydroxyl groups is 1. The molecule has 1 amide bonds. The number of ether oxygens (including phenoxy) is 1. The maximum absolute atomic E-state index is 13.4. The van der Waals surface area contributed by atoms with Gasteiger partial charge in [-0.2, -0.15) is 0 Å². The molecule has 2 aromatic rings. The Bertz CT molecular complexity index is 1140. The molecule has 0 aromatic heterocycles. The van der Waals surface area contributed by atoms with Crippen LogP contribution in [0, 0.1) is 29.3 Å². The van der Waals surface area contributed by atoms with Gasteiger partial charge in [0.05, 0.1) is 21.8 Å². The Morgan fingerprint density at radius 2 is 1.84 bits per heavy atom. The standard InChI is InChI=1S/C20H17ClF3NO5S/c21-14-2-1-9(19(26)25-11-5-15(22)18(24)16(23)6-11)4-17(14)31(28,29)8-10-3-12-7-13(10)20(27)30-12/h1-2,4-6,10,12-13,20,27H,3,7-8H2,(H,25,26)/t10-,12?,13?,20+/m1/s1. The lowest BCUT2D eigenvalue weighted by atomic mass is 9.97. The van der Waals surface area contributed by atoms with Crippen LogP contribution in [0.15, 0.2) is 35.2 Å². The quantitative estimate of drug-likeness (QED) is 0.645. The van der Waals surface area contributed by atoms with Crippen LogP contribution in [-0.2, 0) is 14.6 Å². The van der Waals surface area contributed by atoms with Crippen molar-refractivity contribution in [1.29, 1.82) is 0 Å². The molecule has 2 N–H and O–H groups in total. The number of hydrogen-bond acceptors (Lipinski definition) is 5. The first-order valence-corrected chi connectivity index (χ1v) is 11.4. The van der Waals surface area contributed by atoms with Crippen LogP contribution >= 0.6 is 11.6 Å². The maximum Gasteiger partial charge on any atom is 0.255 e. The van der Waals surface area contributed by atoms with Crippen LogP contribution < -0.4 is 5.32 Å². The summed E-state index contributed by atoms with van der Waals surface area (Å²) in [6.45, 7) is 0. The van der Waals surface area contributed by atoms with Crippen molar-refractivity contribution in [2.75, 3.05) is 11.1 Å². The fourth-order valence-electron chi connectivity index (χ4n) is 4.14. The third kappa shape index (κ3) is 4.30. The fraction of sp³-hybridized carbons (Fsp3) is 0.350. The molecule has 166 valence electrons. The van der Waals surface area contributed by atoms with Crippen LogP contribution in [0.4, 0.5) is 18.9 Å². The Morgan fingerprint density at radius 1 is 1.16 bits per heavy atom. The maximum atomic E-state index is 13.4. The Hall–Kier alpha value is -2.14. The van der Waals surface area contributed by atoms with Gasteiger partial charge >= 0.3 is 0 Å². The third-order valence-electron chi connectivity index (χ3n) is 5.61. The first kappa shape index (κ1) is 22.1. The van der Waals surface area contributed by atoms with Crippen molar-refractivity contribution in [3.05, 3.63) is 58.4 Å². The number of aliphatic hydroxyl groups excluding tert-OH is 1. The Morgan fingerprint density at radius 3 is 2.45 bits per heavy atom. The van der Waals surface area contributed by atoms with Gasteiger partial charge in [0.2, 0.25) is 0 Å². The van der Waals surface area contributed by atoms with Crippen molar-refractivity contribution in [3.8, 4) is 0 Å². The van der Waals surface area contributed by atoms with Crippen molar-refractivity contribution in [3.63, 3.8) is 0 Å². The van der Waals surface area contributed by atoms with Gasteiger partial charge in [-0.1, -0.05) is 11.6 Å². The number of anilines is 1. The second kappa shape index (κ2) is 8.09. The zero-order valence-electron chi connectivity index (χ0n) is 15.8. The lowest BCUT2D eigenvalue weighted by Gasteiger charge is -2.26. The molecule has 0 radical (unpaired) electrons. The van der Waals surface area contributed by atoms with E-state index in [1.807, 2.05) is 0 Å². The summed E-state index contributed by atoms with van der Waals surface area (Å²) in [5, 5.41) is 12.0. The second-order valence-corrected chi connectivity index (χ2v) is 10.1. The van der Waals surface area contributed by atoms with E-state index in [4.69, 9.17) is 16.3 Å². The Balaban J connectivity index is 1.56. The molecule has 4 rings (SSSR count). The number of fused-ring (bicyclic) bond motifs is 2. The normalized spacial score (nSPS) is 25.1. The largest absolute Gasteiger partial charge is 0.368 e. The molecule has 1 saturated carbocycles. The van der Waals surface area contributed by atoms with E-state index in [2.05, 4.69) is 5.32 Å². The van der Waals surface area contributed by atoms with Gasteiger partial charge in [-0.05, 0) is 37.0 Å². The molecular formula is C20H17ClF3NO5S. The molecule has 0 spiro atoms. The summed E-state index contributed by atoms with van der Waals surface area (Å²) in [6.07, 6.45) is -0.0877. The van der Waals surface area contributed by atoms with Gasteiger partial charge < -0.3 is 15.2 Å². The van der Waals surface area contributed by atoms with Crippen molar-refractivity contribution >= 4 is 33.0 Å². The zero-order chi connectivity index (χ0) is 22.5. The van der Waals surface area contributed by atoms with E-state index in [-0.39, 0.29) is 44.9 Å². The predicted octanol–water partition coefficient (Wildman–Crippen LogP) is 3.53. The second-order valence-electron chi connectivity index (χ2n) is 7.68. The van der Waals surface area contributed by atoms with Gasteiger partial charge in [-0.25, -0.2) is 21.6 Å². The van der Waals surface area contributed by atoms with Gasteiger partial charge in [-0.3, -0.25) is 4.79 Å². The average Bonchev–Trinajstić information content (AvgIpc) is 3.24. The highest BCUT2D eigenvalue weighted by Crippen LogP contribution is 2.44. The molecule has 1 aliphatic carbocycles. The molecule has 2 fully saturated rings. The minimum absolute atomic E-state index is 0.0876. The van der Waals surface area contributed by atoms with Crippen molar-refractivity contribution in [2.24, 2.45) is 11.8 Å². The van der Waals surface area contributed by atoms with Crippen LogP contribution in [0.2, 0.25) is 5.02 Å². The summed E-state index contributed by atoms with van der Waals surface area (Å²) >= 11 is 6.07. The highest BCUT2D eigenvalue weighted by Gasteiger charge is 2.48. The van der Waals surface area contributed by atoms with E-state index >= 15 is 0 Å². The Kier molecular flexibility index (Phi) is 5.76. The first-order valence-electron chi connectivity index (χ1n) is 9.37. The summed E-state index contributed by atoms with van der Waals surface area (Å²) in [5.74, 6) is -6.35. The predicted molar refractivity (Wildman–Crippen MR) is 105 cm³/mol. The zero-order valence-corrected chi connectivity index (χ0v) is 17.4. The third-order valence-corrected chi connectivity index (χ3v) is 7.92. The summed E-state index contributed by atoms with van der Waals surface area (Å²) in [4.78, 5) is 12.2. The van der Waals surface area contributed by atoms with E-state index in [0.29, 0.717) is 25.0 Å². The number of nitrogens with one attached hydrogen (secondary N) is 1. The summed E-state index contributed by atoms with van der Waals surface area (Å²) in [5.41, 5.74) is -0.457. The number of sulfone groups is 1. The molecule has 11 heteroatoms. The summed E-state index contributed by atoms with van der Waals surface area (Å²) < 4.78 is 71.0. The smallest absolute Gasteiger partial charge is 0.255 e. The molecule has 1 aliphatic heterocycles. The molecule has 4 atom stereocenters. The number of benzene rings is 2. The van der Waals surface area contributed by atoms with E-state index in [0.717, 1.165) is 6.07 Å². The number of carbonyl (C=O) groups excluding carboxylic acids is 1. The van der Waals surface area contributed by atoms with E-state index < -0.39 is 39.5 Å². The molecule has 2 aliphatic rings. The van der Waals surface area contributed by atoms with Crippen molar-refractivity contribution in [1.82, 2.24) is 0 Å². The minimum atomic E-state index is -3.92. The van der Waals surface area contributed by atoms with Crippen LogP contribution in [0.5, 0.6) is 0 Å². The molecule has 2 bridgehead atoms.